The zero-order valence-corrected chi connectivity index (χ0v) is 19.8. The second kappa shape index (κ2) is 8.29. The molecule has 0 unspecified atom stereocenters. The number of carbonyl (C=O) groups excluding carboxylic acids is 1. The van der Waals surface area contributed by atoms with Crippen molar-refractivity contribution in [1.29, 1.82) is 0 Å². The van der Waals surface area contributed by atoms with E-state index in [1.807, 2.05) is 30.4 Å². The predicted octanol–water partition coefficient (Wildman–Crippen LogP) is 5.27. The average Bonchev–Trinajstić information content (AvgIpc) is 3.50. The number of amides is 1. The van der Waals surface area contributed by atoms with Crippen LogP contribution in [0.4, 0.5) is 13.2 Å². The lowest BCUT2D eigenvalue weighted by molar-refractivity contribution is 0.0512. The summed E-state index contributed by atoms with van der Waals surface area (Å²) < 4.78 is 45.2. The normalized spacial score (nSPS) is 20.0. The largest absolute Gasteiger partial charge is 0.327 e. The van der Waals surface area contributed by atoms with E-state index in [0.717, 1.165) is 41.9 Å². The molecular formula is C25H28F3N5O. The zero-order chi connectivity index (χ0) is 24.3. The van der Waals surface area contributed by atoms with Crippen molar-refractivity contribution in [3.8, 4) is 11.3 Å². The standard InChI is InChI=1S/C25H28F3N5O/c1-5-15-11-17-23(30-31(4)24(17)14-9-19(26)22(28)20(27)10-14)21(6-2)32(15)25(34)18-12-29-33(13(18)3)16-7-8-16/h9-10,12,15-16,21H,5-8,11H2,1-4H3/t15-,21+/m0/s1. The number of carbonyl (C=O) groups is 1. The molecule has 1 fully saturated rings. The summed E-state index contributed by atoms with van der Waals surface area (Å²) in [6, 6.07) is 1.98. The highest BCUT2D eigenvalue weighted by Gasteiger charge is 2.41. The molecule has 0 spiro atoms. The molecule has 1 saturated carbocycles. The lowest BCUT2D eigenvalue weighted by atomic mass is 9.87. The van der Waals surface area contributed by atoms with Gasteiger partial charge in [0.2, 0.25) is 0 Å². The first-order valence-corrected chi connectivity index (χ1v) is 11.8. The van der Waals surface area contributed by atoms with E-state index in [1.54, 1.807) is 17.9 Å². The van der Waals surface area contributed by atoms with Crippen LogP contribution in [0.3, 0.4) is 0 Å². The van der Waals surface area contributed by atoms with Crippen LogP contribution in [0.1, 0.15) is 78.9 Å². The zero-order valence-electron chi connectivity index (χ0n) is 19.8. The van der Waals surface area contributed by atoms with Gasteiger partial charge in [-0.15, -0.1) is 0 Å². The monoisotopic (exact) mass is 471 g/mol. The molecule has 0 radical (unpaired) electrons. The molecule has 1 aromatic carbocycles. The first-order chi connectivity index (χ1) is 16.3. The summed E-state index contributed by atoms with van der Waals surface area (Å²) in [5.41, 5.74) is 3.83. The van der Waals surface area contributed by atoms with Gasteiger partial charge in [0.1, 0.15) is 0 Å². The van der Waals surface area contributed by atoms with Gasteiger partial charge in [0.15, 0.2) is 17.5 Å². The predicted molar refractivity (Wildman–Crippen MR) is 121 cm³/mol. The van der Waals surface area contributed by atoms with E-state index < -0.39 is 17.5 Å². The fourth-order valence-corrected chi connectivity index (χ4v) is 5.33. The Balaban J connectivity index is 1.59. The molecule has 34 heavy (non-hydrogen) atoms. The maximum absolute atomic E-state index is 14.0. The SMILES string of the molecule is CC[C@H]1Cc2c(nn(C)c2-c2cc(F)c(F)c(F)c2)[C@@H](CC)N1C(=O)c1cnn(C2CC2)c1C. The van der Waals surface area contributed by atoms with Crippen molar-refractivity contribution in [3.63, 3.8) is 0 Å². The van der Waals surface area contributed by atoms with Crippen molar-refractivity contribution in [1.82, 2.24) is 24.5 Å². The molecule has 1 amide bonds. The van der Waals surface area contributed by atoms with Crippen molar-refractivity contribution in [2.24, 2.45) is 7.05 Å². The summed E-state index contributed by atoms with van der Waals surface area (Å²) in [5, 5.41) is 9.15. The molecule has 0 saturated heterocycles. The topological polar surface area (TPSA) is 56.0 Å². The minimum Gasteiger partial charge on any atom is -0.327 e. The van der Waals surface area contributed by atoms with Gasteiger partial charge in [0.05, 0.1) is 35.2 Å². The Bertz CT molecular complexity index is 1250. The first kappa shape index (κ1) is 22.7. The molecule has 180 valence electrons. The second-order valence-corrected chi connectivity index (χ2v) is 9.31. The number of hydrogen-bond acceptors (Lipinski definition) is 3. The molecule has 0 N–H and O–H groups in total. The number of aromatic nitrogens is 4. The first-order valence-electron chi connectivity index (χ1n) is 11.8. The lowest BCUT2D eigenvalue weighted by Crippen LogP contribution is -2.47. The molecule has 3 aromatic rings. The summed E-state index contributed by atoms with van der Waals surface area (Å²) in [4.78, 5) is 15.7. The van der Waals surface area contributed by atoms with E-state index in [2.05, 4.69) is 10.2 Å². The third-order valence-electron chi connectivity index (χ3n) is 7.18. The maximum atomic E-state index is 14.0. The number of nitrogens with zero attached hydrogens (tertiary/aromatic N) is 5. The van der Waals surface area contributed by atoms with E-state index in [0.29, 0.717) is 36.6 Å². The summed E-state index contributed by atoms with van der Waals surface area (Å²) in [6.45, 7) is 5.96. The molecule has 2 aromatic heterocycles. The Morgan fingerprint density at radius 1 is 1.12 bits per heavy atom. The Labute approximate surface area is 196 Å². The van der Waals surface area contributed by atoms with Crippen molar-refractivity contribution < 1.29 is 18.0 Å². The maximum Gasteiger partial charge on any atom is 0.258 e. The van der Waals surface area contributed by atoms with Crippen LogP contribution in [0, 0.1) is 24.4 Å². The Kier molecular flexibility index (Phi) is 5.53. The number of aryl methyl sites for hydroxylation is 1. The van der Waals surface area contributed by atoms with Gasteiger partial charge in [0, 0.05) is 29.9 Å². The van der Waals surface area contributed by atoms with E-state index in [-0.39, 0.29) is 23.6 Å². The number of halogens is 3. The molecule has 0 bridgehead atoms. The summed E-state index contributed by atoms with van der Waals surface area (Å²) in [7, 11) is 1.70. The number of fused-ring (bicyclic) bond motifs is 1. The van der Waals surface area contributed by atoms with Gasteiger partial charge >= 0.3 is 0 Å². The highest BCUT2D eigenvalue weighted by atomic mass is 19.2. The van der Waals surface area contributed by atoms with Crippen LogP contribution in [-0.4, -0.2) is 36.4 Å². The number of rotatable bonds is 5. The van der Waals surface area contributed by atoms with Gasteiger partial charge in [0.25, 0.3) is 5.91 Å². The molecule has 9 heteroatoms. The second-order valence-electron chi connectivity index (χ2n) is 9.31. The van der Waals surface area contributed by atoms with Gasteiger partial charge in [-0.1, -0.05) is 13.8 Å². The third kappa shape index (κ3) is 3.44. The molecule has 2 atom stereocenters. The number of benzene rings is 1. The molecule has 1 aliphatic carbocycles. The molecular weight excluding hydrogens is 443 g/mol. The fraction of sp³-hybridized carbons (Fsp3) is 0.480. The van der Waals surface area contributed by atoms with E-state index >= 15 is 0 Å². The summed E-state index contributed by atoms with van der Waals surface area (Å²) in [5.74, 6) is -4.03. The quantitative estimate of drug-likeness (QED) is 0.476. The van der Waals surface area contributed by atoms with Crippen molar-refractivity contribution >= 4 is 5.91 Å². The van der Waals surface area contributed by atoms with Crippen LogP contribution in [0.15, 0.2) is 18.3 Å². The van der Waals surface area contributed by atoms with Crippen molar-refractivity contribution in [2.45, 2.75) is 71.0 Å². The average molecular weight is 472 g/mol. The van der Waals surface area contributed by atoms with Gasteiger partial charge in [-0.2, -0.15) is 10.2 Å². The van der Waals surface area contributed by atoms with E-state index in [9.17, 15) is 18.0 Å². The lowest BCUT2D eigenvalue weighted by Gasteiger charge is -2.41. The van der Waals surface area contributed by atoms with Crippen LogP contribution in [0.25, 0.3) is 11.3 Å². The Hall–Kier alpha value is -3.10. The van der Waals surface area contributed by atoms with Crippen LogP contribution < -0.4 is 0 Å². The van der Waals surface area contributed by atoms with Gasteiger partial charge < -0.3 is 4.90 Å². The summed E-state index contributed by atoms with van der Waals surface area (Å²) in [6.07, 6.45) is 5.66. The third-order valence-corrected chi connectivity index (χ3v) is 7.18. The van der Waals surface area contributed by atoms with E-state index in [1.165, 1.54) is 0 Å². The van der Waals surface area contributed by atoms with Gasteiger partial charge in [-0.05, 0) is 51.2 Å². The fourth-order valence-electron chi connectivity index (χ4n) is 5.33. The van der Waals surface area contributed by atoms with Crippen LogP contribution >= 0.6 is 0 Å². The van der Waals surface area contributed by atoms with E-state index in [4.69, 9.17) is 0 Å². The van der Waals surface area contributed by atoms with Crippen molar-refractivity contribution in [2.75, 3.05) is 0 Å². The summed E-state index contributed by atoms with van der Waals surface area (Å²) >= 11 is 0. The molecule has 3 heterocycles. The van der Waals surface area contributed by atoms with Gasteiger partial charge in [-0.25, -0.2) is 13.2 Å². The number of hydrogen-bond donors (Lipinski definition) is 0. The van der Waals surface area contributed by atoms with Gasteiger partial charge in [-0.3, -0.25) is 14.2 Å². The molecule has 1 aliphatic heterocycles. The Morgan fingerprint density at radius 2 is 1.79 bits per heavy atom. The minimum absolute atomic E-state index is 0.0696. The molecule has 6 nitrogen and oxygen atoms in total. The highest BCUT2D eigenvalue weighted by molar-refractivity contribution is 5.96. The molecule has 2 aliphatic rings. The van der Waals surface area contributed by atoms with Crippen LogP contribution in [0.2, 0.25) is 0 Å². The molecule has 5 rings (SSSR count). The van der Waals surface area contributed by atoms with Crippen molar-refractivity contribution in [3.05, 3.63) is 58.3 Å². The highest BCUT2D eigenvalue weighted by Crippen LogP contribution is 2.42. The van der Waals surface area contributed by atoms with Crippen LogP contribution in [-0.2, 0) is 13.5 Å². The minimum atomic E-state index is -1.49. The Morgan fingerprint density at radius 3 is 2.38 bits per heavy atom. The van der Waals surface area contributed by atoms with Crippen LogP contribution in [0.5, 0.6) is 0 Å². The smallest absolute Gasteiger partial charge is 0.258 e.